The molecule has 0 saturated heterocycles. The van der Waals surface area contributed by atoms with E-state index in [-0.39, 0.29) is 6.42 Å². The Morgan fingerprint density at radius 1 is 1.21 bits per heavy atom. The van der Waals surface area contributed by atoms with Crippen molar-refractivity contribution in [2.24, 2.45) is 0 Å². The zero-order valence-corrected chi connectivity index (χ0v) is 14.3. The van der Waals surface area contributed by atoms with Crippen molar-refractivity contribution in [3.8, 4) is 0 Å². The van der Waals surface area contributed by atoms with Crippen LogP contribution in [0.2, 0.25) is 0 Å². The first-order valence-electron chi connectivity index (χ1n) is 7.26. The van der Waals surface area contributed by atoms with Crippen LogP contribution in [-0.2, 0) is 31.8 Å². The van der Waals surface area contributed by atoms with Crippen molar-refractivity contribution >= 4 is 21.8 Å². The normalized spacial score (nSPS) is 11.8. The number of hydrogen-bond donors (Lipinski definition) is 1. The Hall–Kier alpha value is -1.87. The molecule has 0 saturated carbocycles. The van der Waals surface area contributed by atoms with Gasteiger partial charge in [-0.25, -0.2) is 17.2 Å². The molecule has 0 aliphatic carbocycles. The van der Waals surface area contributed by atoms with Gasteiger partial charge >= 0.3 is 0 Å². The molecule has 1 N–H and O–H groups in total. The van der Waals surface area contributed by atoms with Crippen molar-refractivity contribution < 1.29 is 26.8 Å². The van der Waals surface area contributed by atoms with Crippen molar-refractivity contribution in [3.63, 3.8) is 0 Å². The smallest absolute Gasteiger partial charge is 0.242 e. The quantitative estimate of drug-likeness (QED) is 0.756. The van der Waals surface area contributed by atoms with Crippen LogP contribution >= 0.6 is 0 Å². The van der Waals surface area contributed by atoms with Gasteiger partial charge in [-0.1, -0.05) is 31.2 Å². The van der Waals surface area contributed by atoms with Crippen LogP contribution in [0, 0.1) is 0 Å². The third-order valence-corrected chi connectivity index (χ3v) is 4.95. The van der Waals surface area contributed by atoms with Crippen molar-refractivity contribution in [2.45, 2.75) is 31.9 Å². The third-order valence-electron chi connectivity index (χ3n) is 3.17. The van der Waals surface area contributed by atoms with E-state index in [0.29, 0.717) is 11.1 Å². The molecule has 0 radical (unpaired) electrons. The van der Waals surface area contributed by atoms with E-state index in [0.717, 1.165) is 4.31 Å². The largest absolute Gasteiger partial charge is 0.295 e. The van der Waals surface area contributed by atoms with Gasteiger partial charge in [-0.3, -0.25) is 14.9 Å². The minimum atomic E-state index is -3.82. The van der Waals surface area contributed by atoms with E-state index in [2.05, 4.69) is 5.32 Å². The number of carbonyl (C=O) groups is 2. The zero-order chi connectivity index (χ0) is 18.3. The van der Waals surface area contributed by atoms with Gasteiger partial charge < -0.3 is 0 Å². The van der Waals surface area contributed by atoms with E-state index in [1.165, 1.54) is 31.3 Å². The molecule has 9 heteroatoms. The molecule has 134 valence electrons. The molecule has 1 aromatic rings. The molecule has 1 aromatic carbocycles. The number of imide groups is 1. The summed E-state index contributed by atoms with van der Waals surface area (Å²) >= 11 is 0. The summed E-state index contributed by atoms with van der Waals surface area (Å²) in [5, 5.41) is 2.06. The van der Waals surface area contributed by atoms with Gasteiger partial charge in [0.2, 0.25) is 28.3 Å². The number of nitrogens with zero attached hydrogens (tertiary/aromatic N) is 1. The standard InChI is InChI=1S/C15H20F2N2O4S/c1-3-14(20)18-15(21)9-19(2)24(22,23)10-12-6-4-5-11(7-12)8-13(16)17/h4-7,13H,3,8-10H2,1-2H3,(H,18,20,21). The lowest BCUT2D eigenvalue weighted by molar-refractivity contribution is -0.130. The molecule has 0 atom stereocenters. The van der Waals surface area contributed by atoms with E-state index in [4.69, 9.17) is 0 Å². The average molecular weight is 362 g/mol. The lowest BCUT2D eigenvalue weighted by Gasteiger charge is -2.17. The Balaban J connectivity index is 2.74. The maximum atomic E-state index is 12.4. The van der Waals surface area contributed by atoms with E-state index < -0.39 is 47.0 Å². The van der Waals surface area contributed by atoms with Crippen LogP contribution in [0.4, 0.5) is 8.78 Å². The SMILES string of the molecule is CCC(=O)NC(=O)CN(C)S(=O)(=O)Cc1cccc(CC(F)F)c1. The van der Waals surface area contributed by atoms with Crippen molar-refractivity contribution in [1.82, 2.24) is 9.62 Å². The van der Waals surface area contributed by atoms with E-state index >= 15 is 0 Å². The Bertz CT molecular complexity index is 692. The number of rotatable bonds is 8. The van der Waals surface area contributed by atoms with Crippen LogP contribution in [0.1, 0.15) is 24.5 Å². The number of benzene rings is 1. The maximum absolute atomic E-state index is 12.4. The first kappa shape index (κ1) is 20.2. The van der Waals surface area contributed by atoms with Crippen LogP contribution in [0.25, 0.3) is 0 Å². The summed E-state index contributed by atoms with van der Waals surface area (Å²) in [5.74, 6) is -1.64. The molecule has 0 aromatic heterocycles. The predicted molar refractivity (Wildman–Crippen MR) is 84.8 cm³/mol. The molecule has 6 nitrogen and oxygen atoms in total. The summed E-state index contributed by atoms with van der Waals surface area (Å²) in [6, 6.07) is 5.92. The predicted octanol–water partition coefficient (Wildman–Crippen LogP) is 1.31. The lowest BCUT2D eigenvalue weighted by Crippen LogP contribution is -2.40. The van der Waals surface area contributed by atoms with Crippen LogP contribution in [0.5, 0.6) is 0 Å². The highest BCUT2D eigenvalue weighted by Crippen LogP contribution is 2.14. The van der Waals surface area contributed by atoms with Crippen molar-refractivity contribution in [3.05, 3.63) is 35.4 Å². The fraction of sp³-hybridized carbons (Fsp3) is 0.467. The number of hydrogen-bond acceptors (Lipinski definition) is 4. The van der Waals surface area contributed by atoms with Crippen molar-refractivity contribution in [1.29, 1.82) is 0 Å². The minimum absolute atomic E-state index is 0.110. The highest BCUT2D eigenvalue weighted by atomic mass is 32.2. The summed E-state index contributed by atoms with van der Waals surface area (Å²) in [7, 11) is -2.61. The number of alkyl halides is 2. The summed E-state index contributed by atoms with van der Waals surface area (Å²) in [5.41, 5.74) is 0.691. The van der Waals surface area contributed by atoms with Gasteiger partial charge in [-0.05, 0) is 11.1 Å². The minimum Gasteiger partial charge on any atom is -0.295 e. The number of amides is 2. The zero-order valence-electron chi connectivity index (χ0n) is 13.5. The molecule has 0 bridgehead atoms. The summed E-state index contributed by atoms with van der Waals surface area (Å²) in [6.07, 6.45) is -2.86. The molecule has 0 aliphatic rings. The maximum Gasteiger partial charge on any atom is 0.242 e. The fourth-order valence-corrected chi connectivity index (χ4v) is 3.06. The third kappa shape index (κ3) is 6.71. The number of halogens is 2. The van der Waals surface area contributed by atoms with Gasteiger partial charge in [-0.2, -0.15) is 4.31 Å². The van der Waals surface area contributed by atoms with Crippen LogP contribution in [-0.4, -0.2) is 44.6 Å². The molecule has 24 heavy (non-hydrogen) atoms. The number of sulfonamides is 1. The molecular formula is C15H20F2N2O4S. The molecule has 1 rings (SSSR count). The Labute approximate surface area is 139 Å². The molecule has 0 heterocycles. The molecule has 0 spiro atoms. The highest BCUT2D eigenvalue weighted by molar-refractivity contribution is 7.88. The Morgan fingerprint density at radius 2 is 1.83 bits per heavy atom. The first-order valence-corrected chi connectivity index (χ1v) is 8.87. The lowest BCUT2D eigenvalue weighted by atomic mass is 10.1. The van der Waals surface area contributed by atoms with Gasteiger partial charge in [0.25, 0.3) is 0 Å². The Kier molecular flexibility index (Phi) is 7.43. The Morgan fingerprint density at radius 3 is 2.42 bits per heavy atom. The number of carbonyl (C=O) groups excluding carboxylic acids is 2. The molecular weight excluding hydrogens is 342 g/mol. The second kappa shape index (κ2) is 8.84. The molecule has 0 aliphatic heterocycles. The van der Waals surface area contributed by atoms with Crippen molar-refractivity contribution in [2.75, 3.05) is 13.6 Å². The van der Waals surface area contributed by atoms with Gasteiger partial charge in [0.05, 0.1) is 12.3 Å². The highest BCUT2D eigenvalue weighted by Gasteiger charge is 2.22. The topological polar surface area (TPSA) is 83.6 Å². The van der Waals surface area contributed by atoms with Gasteiger partial charge in [0.1, 0.15) is 0 Å². The van der Waals surface area contributed by atoms with Crippen LogP contribution in [0.3, 0.4) is 0 Å². The second-order valence-corrected chi connectivity index (χ2v) is 7.33. The number of likely N-dealkylation sites (N-methyl/N-ethyl adjacent to an activating group) is 1. The molecule has 2 amide bonds. The summed E-state index contributed by atoms with van der Waals surface area (Å²) < 4.78 is 50.1. The van der Waals surface area contributed by atoms with E-state index in [9.17, 15) is 26.8 Å². The van der Waals surface area contributed by atoms with E-state index in [1.807, 2.05) is 0 Å². The average Bonchev–Trinajstić information content (AvgIpc) is 2.45. The summed E-state index contributed by atoms with van der Waals surface area (Å²) in [4.78, 5) is 22.7. The summed E-state index contributed by atoms with van der Waals surface area (Å²) in [6.45, 7) is 1.07. The van der Waals surface area contributed by atoms with Crippen LogP contribution in [0.15, 0.2) is 24.3 Å². The monoisotopic (exact) mass is 362 g/mol. The van der Waals surface area contributed by atoms with Gasteiger partial charge in [-0.15, -0.1) is 0 Å². The second-order valence-electron chi connectivity index (χ2n) is 5.25. The number of nitrogens with one attached hydrogen (secondary N) is 1. The fourth-order valence-electron chi connectivity index (χ4n) is 1.93. The molecule has 0 unspecified atom stereocenters. The van der Waals surface area contributed by atoms with Crippen LogP contribution < -0.4 is 5.32 Å². The van der Waals surface area contributed by atoms with Gasteiger partial charge in [0, 0.05) is 19.9 Å². The first-order chi connectivity index (χ1) is 11.1. The molecule has 0 fully saturated rings. The van der Waals surface area contributed by atoms with Gasteiger partial charge in [0.15, 0.2) is 0 Å². The van der Waals surface area contributed by atoms with E-state index in [1.54, 1.807) is 6.92 Å².